The van der Waals surface area contributed by atoms with Crippen LogP contribution in [0.25, 0.3) is 0 Å². The molecular formula is C12H18N2O. The molecule has 0 saturated carbocycles. The maximum absolute atomic E-state index is 11.3. The van der Waals surface area contributed by atoms with Gasteiger partial charge in [-0.2, -0.15) is 0 Å². The Bertz CT molecular complexity index is 319. The molecule has 0 heterocycles. The molecule has 1 aromatic carbocycles. The van der Waals surface area contributed by atoms with Gasteiger partial charge >= 0.3 is 0 Å². The first-order valence-electron chi connectivity index (χ1n) is 5.25. The van der Waals surface area contributed by atoms with Crippen molar-refractivity contribution >= 4 is 5.91 Å². The fourth-order valence-electron chi connectivity index (χ4n) is 1.49. The van der Waals surface area contributed by atoms with Gasteiger partial charge in [-0.25, -0.2) is 0 Å². The second-order valence-corrected chi connectivity index (χ2v) is 3.58. The minimum atomic E-state index is -0.564. The highest BCUT2D eigenvalue weighted by molar-refractivity contribution is 5.82. The van der Waals surface area contributed by atoms with E-state index < -0.39 is 6.04 Å². The van der Waals surface area contributed by atoms with E-state index in [0.29, 0.717) is 0 Å². The van der Waals surface area contributed by atoms with Crippen LogP contribution in [-0.4, -0.2) is 13.0 Å². The molecule has 0 saturated heterocycles. The molecule has 1 unspecified atom stereocenters. The molecule has 0 aliphatic rings. The van der Waals surface area contributed by atoms with Gasteiger partial charge in [-0.05, 0) is 17.5 Å². The third-order valence-electron chi connectivity index (χ3n) is 2.41. The first-order valence-corrected chi connectivity index (χ1v) is 5.25. The summed E-state index contributed by atoms with van der Waals surface area (Å²) in [6.45, 7) is 2.14. The van der Waals surface area contributed by atoms with Crippen molar-refractivity contribution in [2.24, 2.45) is 5.73 Å². The summed E-state index contributed by atoms with van der Waals surface area (Å²) in [6.07, 6.45) is 2.19. The Kier molecular flexibility index (Phi) is 4.31. The Balaban J connectivity index is 2.75. The number of hydrogen-bond donors (Lipinski definition) is 2. The van der Waals surface area contributed by atoms with Gasteiger partial charge in [0.15, 0.2) is 0 Å². The van der Waals surface area contributed by atoms with Gasteiger partial charge < -0.3 is 11.1 Å². The first kappa shape index (κ1) is 11.7. The third kappa shape index (κ3) is 3.06. The molecule has 1 amide bonds. The van der Waals surface area contributed by atoms with Gasteiger partial charge in [0.1, 0.15) is 6.04 Å². The van der Waals surface area contributed by atoms with E-state index in [4.69, 9.17) is 5.73 Å². The molecule has 0 bridgehead atoms. The Morgan fingerprint density at radius 2 is 2.00 bits per heavy atom. The van der Waals surface area contributed by atoms with E-state index in [9.17, 15) is 4.79 Å². The van der Waals surface area contributed by atoms with E-state index >= 15 is 0 Å². The second kappa shape index (κ2) is 5.51. The SMILES string of the molecule is CCCc1ccc(C(N)C(=O)NC)cc1. The number of nitrogens with two attached hydrogens (primary N) is 1. The third-order valence-corrected chi connectivity index (χ3v) is 2.41. The Hall–Kier alpha value is -1.35. The second-order valence-electron chi connectivity index (χ2n) is 3.58. The zero-order valence-corrected chi connectivity index (χ0v) is 9.29. The van der Waals surface area contributed by atoms with Crippen LogP contribution in [0.15, 0.2) is 24.3 Å². The Labute approximate surface area is 90.7 Å². The molecule has 1 atom stereocenters. The lowest BCUT2D eigenvalue weighted by Gasteiger charge is -2.10. The summed E-state index contributed by atoms with van der Waals surface area (Å²) < 4.78 is 0. The van der Waals surface area contributed by atoms with Gasteiger partial charge in [0, 0.05) is 7.05 Å². The normalized spacial score (nSPS) is 12.2. The van der Waals surface area contributed by atoms with Gasteiger partial charge in [-0.1, -0.05) is 37.6 Å². The maximum atomic E-state index is 11.3. The molecular weight excluding hydrogens is 188 g/mol. The molecule has 0 spiro atoms. The topological polar surface area (TPSA) is 55.1 Å². The zero-order chi connectivity index (χ0) is 11.3. The molecule has 0 aliphatic heterocycles. The largest absolute Gasteiger partial charge is 0.358 e. The van der Waals surface area contributed by atoms with E-state index in [1.54, 1.807) is 7.05 Å². The summed E-state index contributed by atoms with van der Waals surface area (Å²) in [4.78, 5) is 11.3. The van der Waals surface area contributed by atoms with Crippen LogP contribution in [0.2, 0.25) is 0 Å². The minimum Gasteiger partial charge on any atom is -0.358 e. The van der Waals surface area contributed by atoms with E-state index in [1.165, 1.54) is 5.56 Å². The Morgan fingerprint density at radius 3 is 2.47 bits per heavy atom. The molecule has 0 fully saturated rings. The van der Waals surface area contributed by atoms with Gasteiger partial charge in [-0.15, -0.1) is 0 Å². The smallest absolute Gasteiger partial charge is 0.241 e. The quantitative estimate of drug-likeness (QED) is 0.782. The predicted octanol–water partition coefficient (Wildman–Crippen LogP) is 1.38. The van der Waals surface area contributed by atoms with Crippen molar-refractivity contribution < 1.29 is 4.79 Å². The fourth-order valence-corrected chi connectivity index (χ4v) is 1.49. The van der Waals surface area contributed by atoms with Crippen LogP contribution in [0.4, 0.5) is 0 Å². The highest BCUT2D eigenvalue weighted by Gasteiger charge is 2.13. The molecule has 15 heavy (non-hydrogen) atoms. The molecule has 1 aromatic rings. The predicted molar refractivity (Wildman–Crippen MR) is 61.4 cm³/mol. The molecule has 0 radical (unpaired) electrons. The lowest BCUT2D eigenvalue weighted by atomic mass is 10.0. The number of nitrogens with one attached hydrogen (secondary N) is 1. The molecule has 0 aromatic heterocycles. The van der Waals surface area contributed by atoms with Crippen LogP contribution < -0.4 is 11.1 Å². The monoisotopic (exact) mass is 206 g/mol. The number of aryl methyl sites for hydroxylation is 1. The van der Waals surface area contributed by atoms with E-state index in [-0.39, 0.29) is 5.91 Å². The highest BCUT2D eigenvalue weighted by Crippen LogP contribution is 2.12. The highest BCUT2D eigenvalue weighted by atomic mass is 16.2. The van der Waals surface area contributed by atoms with Gasteiger partial charge in [0.25, 0.3) is 0 Å². The number of carbonyl (C=O) groups is 1. The van der Waals surface area contributed by atoms with Crippen LogP contribution in [-0.2, 0) is 11.2 Å². The van der Waals surface area contributed by atoms with Crippen molar-refractivity contribution in [1.82, 2.24) is 5.32 Å². The van der Waals surface area contributed by atoms with Gasteiger partial charge in [-0.3, -0.25) is 4.79 Å². The minimum absolute atomic E-state index is 0.154. The van der Waals surface area contributed by atoms with Crippen molar-refractivity contribution in [3.05, 3.63) is 35.4 Å². The molecule has 3 heteroatoms. The summed E-state index contributed by atoms with van der Waals surface area (Å²) in [5.41, 5.74) is 7.90. The van der Waals surface area contributed by atoms with Crippen molar-refractivity contribution in [2.75, 3.05) is 7.05 Å². The number of benzene rings is 1. The van der Waals surface area contributed by atoms with E-state index in [0.717, 1.165) is 18.4 Å². The van der Waals surface area contributed by atoms with Crippen molar-refractivity contribution in [1.29, 1.82) is 0 Å². The summed E-state index contributed by atoms with van der Waals surface area (Å²) in [7, 11) is 1.59. The van der Waals surface area contributed by atoms with Crippen LogP contribution in [0.3, 0.4) is 0 Å². The van der Waals surface area contributed by atoms with Gasteiger partial charge in [0.05, 0.1) is 0 Å². The van der Waals surface area contributed by atoms with Crippen LogP contribution in [0, 0.1) is 0 Å². The number of rotatable bonds is 4. The van der Waals surface area contributed by atoms with Crippen molar-refractivity contribution in [3.63, 3.8) is 0 Å². The van der Waals surface area contributed by atoms with Crippen molar-refractivity contribution in [3.8, 4) is 0 Å². The van der Waals surface area contributed by atoms with E-state index in [2.05, 4.69) is 12.2 Å². The van der Waals surface area contributed by atoms with Crippen LogP contribution >= 0.6 is 0 Å². The average Bonchev–Trinajstić information content (AvgIpc) is 2.28. The summed E-state index contributed by atoms with van der Waals surface area (Å²) in [6, 6.07) is 7.34. The Morgan fingerprint density at radius 1 is 1.40 bits per heavy atom. The molecule has 3 nitrogen and oxygen atoms in total. The van der Waals surface area contributed by atoms with Crippen LogP contribution in [0.1, 0.15) is 30.5 Å². The standard InChI is InChI=1S/C12H18N2O/c1-3-4-9-5-7-10(8-6-9)11(13)12(15)14-2/h5-8,11H,3-4,13H2,1-2H3,(H,14,15). The number of carbonyl (C=O) groups excluding carboxylic acids is 1. The van der Waals surface area contributed by atoms with Crippen molar-refractivity contribution in [2.45, 2.75) is 25.8 Å². The molecule has 82 valence electrons. The number of hydrogen-bond acceptors (Lipinski definition) is 2. The summed E-state index contributed by atoms with van der Waals surface area (Å²) in [5, 5.41) is 2.54. The van der Waals surface area contributed by atoms with Gasteiger partial charge in [0.2, 0.25) is 5.91 Å². The molecule has 3 N–H and O–H groups in total. The molecule has 0 aliphatic carbocycles. The first-order chi connectivity index (χ1) is 7.19. The van der Waals surface area contributed by atoms with E-state index in [1.807, 2.05) is 24.3 Å². The maximum Gasteiger partial charge on any atom is 0.241 e. The summed E-state index contributed by atoms with van der Waals surface area (Å²) in [5.74, 6) is -0.154. The lowest BCUT2D eigenvalue weighted by molar-refractivity contribution is -0.121. The summed E-state index contributed by atoms with van der Waals surface area (Å²) >= 11 is 0. The number of amides is 1. The lowest BCUT2D eigenvalue weighted by Crippen LogP contribution is -2.31. The van der Waals surface area contributed by atoms with Crippen LogP contribution in [0.5, 0.6) is 0 Å². The average molecular weight is 206 g/mol. The molecule has 1 rings (SSSR count). The number of likely N-dealkylation sites (N-methyl/N-ethyl adjacent to an activating group) is 1. The zero-order valence-electron chi connectivity index (χ0n) is 9.29. The fraction of sp³-hybridized carbons (Fsp3) is 0.417.